The summed E-state index contributed by atoms with van der Waals surface area (Å²) in [6.45, 7) is 3.25. The van der Waals surface area contributed by atoms with Gasteiger partial charge in [0.2, 0.25) is 0 Å². The van der Waals surface area contributed by atoms with Crippen LogP contribution < -0.4 is 0 Å². The second-order valence-corrected chi connectivity index (χ2v) is 4.62. The zero-order valence-corrected chi connectivity index (χ0v) is 10.8. The van der Waals surface area contributed by atoms with E-state index in [9.17, 15) is 4.79 Å². The number of benzene rings is 1. The third-order valence-electron chi connectivity index (χ3n) is 3.47. The molecule has 0 aromatic heterocycles. The second-order valence-electron chi connectivity index (χ2n) is 4.62. The van der Waals surface area contributed by atoms with Gasteiger partial charge < -0.3 is 9.80 Å². The second kappa shape index (κ2) is 5.09. The van der Waals surface area contributed by atoms with Gasteiger partial charge in [-0.15, -0.1) is 0 Å². The van der Waals surface area contributed by atoms with Gasteiger partial charge in [-0.1, -0.05) is 24.3 Å². The fourth-order valence-corrected chi connectivity index (χ4v) is 2.41. The smallest absolute Gasteiger partial charge is 0.320 e. The molecule has 0 N–H and O–H groups in total. The molecule has 94 valence electrons. The Hall–Kier alpha value is -2.02. The summed E-state index contributed by atoms with van der Waals surface area (Å²) in [6, 6.07) is 10.3. The minimum Gasteiger partial charge on any atom is -0.321 e. The highest BCUT2D eigenvalue weighted by atomic mass is 16.2. The lowest BCUT2D eigenvalue weighted by atomic mass is 10.0. The van der Waals surface area contributed by atoms with E-state index in [4.69, 9.17) is 5.26 Å². The van der Waals surface area contributed by atoms with Crippen molar-refractivity contribution in [2.75, 3.05) is 20.1 Å². The topological polar surface area (TPSA) is 47.3 Å². The summed E-state index contributed by atoms with van der Waals surface area (Å²) in [6.07, 6.45) is 0.389. The average Bonchev–Trinajstić information content (AvgIpc) is 2.65. The number of nitrogens with zero attached hydrogens (tertiary/aromatic N) is 3. The molecule has 0 radical (unpaired) electrons. The van der Waals surface area contributed by atoms with Crippen LogP contribution in [0.1, 0.15) is 23.6 Å². The number of likely N-dealkylation sites (N-methyl/N-ethyl adjacent to an activating group) is 1. The van der Waals surface area contributed by atoms with Gasteiger partial charge >= 0.3 is 6.03 Å². The molecule has 1 heterocycles. The first-order valence-electron chi connectivity index (χ1n) is 6.09. The molecule has 1 aromatic rings. The van der Waals surface area contributed by atoms with Crippen LogP contribution in [0.15, 0.2) is 24.3 Å². The van der Waals surface area contributed by atoms with Crippen molar-refractivity contribution in [3.63, 3.8) is 0 Å². The zero-order valence-electron chi connectivity index (χ0n) is 10.8. The summed E-state index contributed by atoms with van der Waals surface area (Å²) in [5, 5.41) is 8.60. The van der Waals surface area contributed by atoms with E-state index < -0.39 is 0 Å². The molecule has 0 saturated carbocycles. The minimum atomic E-state index is 0.0125. The van der Waals surface area contributed by atoms with Crippen LogP contribution in [-0.2, 0) is 0 Å². The molecule has 1 unspecified atom stereocenters. The first-order valence-corrected chi connectivity index (χ1v) is 6.09. The molecule has 4 nitrogen and oxygen atoms in total. The first kappa shape index (κ1) is 12.4. The quantitative estimate of drug-likeness (QED) is 0.818. The maximum absolute atomic E-state index is 12.0. The molecule has 2 amide bonds. The Kier molecular flexibility index (Phi) is 3.52. The van der Waals surface area contributed by atoms with Crippen molar-refractivity contribution in [1.29, 1.82) is 5.26 Å². The molecule has 1 fully saturated rings. The lowest BCUT2D eigenvalue weighted by Crippen LogP contribution is -2.30. The molecule has 1 saturated heterocycles. The van der Waals surface area contributed by atoms with E-state index in [-0.39, 0.29) is 12.1 Å². The van der Waals surface area contributed by atoms with Crippen molar-refractivity contribution >= 4 is 6.03 Å². The van der Waals surface area contributed by atoms with Crippen molar-refractivity contribution in [3.05, 3.63) is 35.4 Å². The molecule has 0 spiro atoms. The summed E-state index contributed by atoms with van der Waals surface area (Å²) in [7, 11) is 1.83. The van der Waals surface area contributed by atoms with Crippen LogP contribution in [0.5, 0.6) is 0 Å². The molecule has 1 aromatic carbocycles. The van der Waals surface area contributed by atoms with Crippen LogP contribution in [0.3, 0.4) is 0 Å². The van der Waals surface area contributed by atoms with Crippen LogP contribution in [0.2, 0.25) is 0 Å². The Labute approximate surface area is 107 Å². The van der Waals surface area contributed by atoms with Gasteiger partial charge in [0.1, 0.15) is 0 Å². The van der Waals surface area contributed by atoms with Crippen molar-refractivity contribution in [2.24, 2.45) is 0 Å². The predicted octanol–water partition coefficient (Wildman–Crippen LogP) is 2.32. The number of carbonyl (C=O) groups is 1. The van der Waals surface area contributed by atoms with Crippen LogP contribution in [0.4, 0.5) is 4.79 Å². The van der Waals surface area contributed by atoms with Gasteiger partial charge in [0.25, 0.3) is 0 Å². The van der Waals surface area contributed by atoms with Crippen molar-refractivity contribution < 1.29 is 4.79 Å². The molecule has 1 aliphatic rings. The summed E-state index contributed by atoms with van der Waals surface area (Å²) in [4.78, 5) is 15.6. The normalized spacial score (nSPS) is 19.2. The molecular formula is C14H17N3O. The molecule has 1 atom stereocenters. The van der Waals surface area contributed by atoms with Gasteiger partial charge in [0.05, 0.1) is 18.5 Å². The summed E-state index contributed by atoms with van der Waals surface area (Å²) >= 11 is 0. The lowest BCUT2D eigenvalue weighted by Gasteiger charge is -2.19. The van der Waals surface area contributed by atoms with Crippen molar-refractivity contribution in [3.8, 4) is 6.07 Å². The lowest BCUT2D eigenvalue weighted by molar-refractivity contribution is 0.196. The molecule has 0 aliphatic carbocycles. The van der Waals surface area contributed by atoms with Gasteiger partial charge in [-0.2, -0.15) is 5.26 Å². The third-order valence-corrected chi connectivity index (χ3v) is 3.47. The van der Waals surface area contributed by atoms with E-state index in [0.29, 0.717) is 19.5 Å². The van der Waals surface area contributed by atoms with E-state index >= 15 is 0 Å². The van der Waals surface area contributed by atoms with E-state index in [1.165, 1.54) is 11.1 Å². The average molecular weight is 243 g/mol. The number of amides is 2. The third kappa shape index (κ3) is 2.17. The van der Waals surface area contributed by atoms with Gasteiger partial charge in [-0.3, -0.25) is 0 Å². The summed E-state index contributed by atoms with van der Waals surface area (Å²) in [5.41, 5.74) is 2.39. The summed E-state index contributed by atoms with van der Waals surface area (Å²) in [5.74, 6) is 0. The molecule has 0 bridgehead atoms. The number of aryl methyl sites for hydroxylation is 1. The Bertz CT molecular complexity index is 492. The number of urea groups is 1. The van der Waals surface area contributed by atoms with Gasteiger partial charge in [0.15, 0.2) is 0 Å². The Morgan fingerprint density at radius 1 is 1.44 bits per heavy atom. The number of hydrogen-bond donors (Lipinski definition) is 0. The molecule has 4 heteroatoms. The highest BCUT2D eigenvalue weighted by molar-refractivity contribution is 5.77. The van der Waals surface area contributed by atoms with Gasteiger partial charge in [0, 0.05) is 20.1 Å². The van der Waals surface area contributed by atoms with Gasteiger partial charge in [-0.25, -0.2) is 4.79 Å². The Morgan fingerprint density at radius 2 is 2.17 bits per heavy atom. The summed E-state index contributed by atoms with van der Waals surface area (Å²) < 4.78 is 0. The molecular weight excluding hydrogens is 226 g/mol. The standard InChI is InChI=1S/C14H17N3O/c1-11-6-3-4-7-12(11)13-10-17(9-5-8-15)14(18)16(13)2/h3-4,6-7,13H,5,9-10H2,1-2H3. The maximum atomic E-state index is 12.0. The Balaban J connectivity index is 2.19. The van der Waals surface area contributed by atoms with Crippen LogP contribution in [0, 0.1) is 18.3 Å². The van der Waals surface area contributed by atoms with Crippen molar-refractivity contribution in [1.82, 2.24) is 9.80 Å². The van der Waals surface area contributed by atoms with Crippen LogP contribution in [0.25, 0.3) is 0 Å². The number of nitriles is 1. The van der Waals surface area contributed by atoms with Gasteiger partial charge in [-0.05, 0) is 18.1 Å². The SMILES string of the molecule is Cc1ccccc1C1CN(CCC#N)C(=O)N1C. The fraction of sp³-hybridized carbons (Fsp3) is 0.429. The highest BCUT2D eigenvalue weighted by Gasteiger charge is 2.35. The predicted molar refractivity (Wildman–Crippen MR) is 68.9 cm³/mol. The number of rotatable bonds is 3. The number of carbonyl (C=O) groups excluding carboxylic acids is 1. The molecule has 1 aliphatic heterocycles. The minimum absolute atomic E-state index is 0.0125. The maximum Gasteiger partial charge on any atom is 0.320 e. The van der Waals surface area contributed by atoms with E-state index in [1.54, 1.807) is 9.80 Å². The van der Waals surface area contributed by atoms with Crippen LogP contribution >= 0.6 is 0 Å². The molecule has 18 heavy (non-hydrogen) atoms. The largest absolute Gasteiger partial charge is 0.321 e. The molecule has 2 rings (SSSR count). The monoisotopic (exact) mass is 243 g/mol. The number of hydrogen-bond acceptors (Lipinski definition) is 2. The van der Waals surface area contributed by atoms with E-state index in [1.807, 2.05) is 19.2 Å². The van der Waals surface area contributed by atoms with E-state index in [0.717, 1.165) is 0 Å². The van der Waals surface area contributed by atoms with Crippen molar-refractivity contribution in [2.45, 2.75) is 19.4 Å². The zero-order chi connectivity index (χ0) is 13.1. The fourth-order valence-electron chi connectivity index (χ4n) is 2.41. The van der Waals surface area contributed by atoms with E-state index in [2.05, 4.69) is 25.1 Å². The highest BCUT2D eigenvalue weighted by Crippen LogP contribution is 2.29. The Morgan fingerprint density at radius 3 is 2.83 bits per heavy atom. The first-order chi connectivity index (χ1) is 8.65. The van der Waals surface area contributed by atoms with Crippen LogP contribution in [-0.4, -0.2) is 36.0 Å².